The van der Waals surface area contributed by atoms with Crippen molar-refractivity contribution in [1.29, 1.82) is 0 Å². The Hall–Kier alpha value is -2.01. The smallest absolute Gasteiger partial charge is 0.119 e. The number of nitrogens with zero attached hydrogens (tertiary/aromatic N) is 3. The number of aryl methyl sites for hydroxylation is 1. The van der Waals surface area contributed by atoms with Gasteiger partial charge >= 0.3 is 0 Å². The number of benzene rings is 1. The molecule has 0 bridgehead atoms. The zero-order chi connectivity index (χ0) is 16.1. The number of fused-ring (bicyclic) bond motifs is 1. The van der Waals surface area contributed by atoms with Crippen LogP contribution in [0.2, 0.25) is 0 Å². The van der Waals surface area contributed by atoms with E-state index >= 15 is 0 Å². The van der Waals surface area contributed by atoms with E-state index in [2.05, 4.69) is 27.7 Å². The van der Waals surface area contributed by atoms with Crippen LogP contribution in [0.1, 0.15) is 24.7 Å². The maximum atomic E-state index is 5.84. The summed E-state index contributed by atoms with van der Waals surface area (Å²) in [5.74, 6) is 1.80. The average Bonchev–Trinajstić information content (AvgIpc) is 2.93. The van der Waals surface area contributed by atoms with E-state index in [1.54, 1.807) is 0 Å². The van der Waals surface area contributed by atoms with Crippen molar-refractivity contribution < 1.29 is 9.47 Å². The van der Waals surface area contributed by atoms with Gasteiger partial charge in [-0.05, 0) is 43.7 Å². The van der Waals surface area contributed by atoms with Crippen LogP contribution in [0.3, 0.4) is 0 Å². The van der Waals surface area contributed by atoms with Crippen LogP contribution < -0.4 is 9.47 Å². The second-order valence-corrected chi connectivity index (χ2v) is 5.94. The molecule has 3 rings (SSSR count). The van der Waals surface area contributed by atoms with Gasteiger partial charge in [0.05, 0.1) is 24.5 Å². The summed E-state index contributed by atoms with van der Waals surface area (Å²) in [5, 5.41) is 4.49. The van der Waals surface area contributed by atoms with Crippen LogP contribution in [0.25, 0.3) is 0 Å². The SMILES string of the molecule is CCCOc1ccc(OCCN2CCn3nc(C)cc3C2)cc1. The highest BCUT2D eigenvalue weighted by atomic mass is 16.5. The van der Waals surface area contributed by atoms with E-state index in [1.807, 2.05) is 31.2 Å². The van der Waals surface area contributed by atoms with E-state index in [0.29, 0.717) is 6.61 Å². The van der Waals surface area contributed by atoms with Gasteiger partial charge in [-0.1, -0.05) is 6.92 Å². The molecule has 0 radical (unpaired) electrons. The molecule has 0 saturated carbocycles. The third-order valence-electron chi connectivity index (χ3n) is 3.97. The van der Waals surface area contributed by atoms with Gasteiger partial charge in [0.15, 0.2) is 0 Å². The van der Waals surface area contributed by atoms with Gasteiger partial charge in [0.2, 0.25) is 0 Å². The summed E-state index contributed by atoms with van der Waals surface area (Å²) in [6.45, 7) is 9.48. The molecule has 1 aromatic heterocycles. The minimum atomic E-state index is 0.697. The van der Waals surface area contributed by atoms with E-state index in [9.17, 15) is 0 Å². The average molecular weight is 315 g/mol. The molecule has 1 aliphatic rings. The van der Waals surface area contributed by atoms with E-state index in [1.165, 1.54) is 5.69 Å². The normalized spacial score (nSPS) is 14.5. The fraction of sp³-hybridized carbons (Fsp3) is 0.500. The van der Waals surface area contributed by atoms with E-state index in [4.69, 9.17) is 9.47 Å². The van der Waals surface area contributed by atoms with Gasteiger partial charge < -0.3 is 9.47 Å². The Morgan fingerprint density at radius 1 is 1.04 bits per heavy atom. The number of hydrogen-bond donors (Lipinski definition) is 0. The summed E-state index contributed by atoms with van der Waals surface area (Å²) in [4.78, 5) is 2.41. The van der Waals surface area contributed by atoms with Gasteiger partial charge in [0.25, 0.3) is 0 Å². The fourth-order valence-corrected chi connectivity index (χ4v) is 2.80. The van der Waals surface area contributed by atoms with Crippen LogP contribution in [0.5, 0.6) is 11.5 Å². The molecule has 0 saturated heterocycles. The topological polar surface area (TPSA) is 39.5 Å². The first-order chi connectivity index (χ1) is 11.2. The van der Waals surface area contributed by atoms with Gasteiger partial charge in [-0.15, -0.1) is 0 Å². The van der Waals surface area contributed by atoms with Crippen molar-refractivity contribution in [1.82, 2.24) is 14.7 Å². The number of rotatable bonds is 7. The summed E-state index contributed by atoms with van der Waals surface area (Å²) < 4.78 is 13.5. The molecule has 0 aliphatic carbocycles. The van der Waals surface area contributed by atoms with Crippen molar-refractivity contribution in [2.45, 2.75) is 33.4 Å². The molecule has 1 aliphatic heterocycles. The molecule has 0 unspecified atom stereocenters. The molecule has 0 amide bonds. The van der Waals surface area contributed by atoms with Crippen molar-refractivity contribution in [3.05, 3.63) is 41.7 Å². The van der Waals surface area contributed by atoms with Crippen LogP contribution >= 0.6 is 0 Å². The highest BCUT2D eigenvalue weighted by Gasteiger charge is 2.17. The first-order valence-corrected chi connectivity index (χ1v) is 8.36. The molecule has 0 fully saturated rings. The number of hydrogen-bond acceptors (Lipinski definition) is 4. The Labute approximate surface area is 137 Å². The van der Waals surface area contributed by atoms with Gasteiger partial charge in [-0.3, -0.25) is 9.58 Å². The van der Waals surface area contributed by atoms with Crippen LogP contribution in [0.15, 0.2) is 30.3 Å². The third kappa shape index (κ3) is 4.26. The standard InChI is InChI=1S/C18H25N3O2/c1-3-11-22-17-4-6-18(7-5-17)23-12-10-20-8-9-21-16(14-20)13-15(2)19-21/h4-7,13H,3,8-12,14H2,1-2H3. The van der Waals surface area contributed by atoms with Crippen LogP contribution in [-0.4, -0.2) is 41.0 Å². The number of ether oxygens (including phenoxy) is 2. The summed E-state index contributed by atoms with van der Waals surface area (Å²) in [7, 11) is 0. The zero-order valence-corrected chi connectivity index (χ0v) is 14.0. The molecule has 0 atom stereocenters. The van der Waals surface area contributed by atoms with Gasteiger partial charge in [0, 0.05) is 19.6 Å². The van der Waals surface area contributed by atoms with Crippen LogP contribution in [0.4, 0.5) is 0 Å². The summed E-state index contributed by atoms with van der Waals surface area (Å²) >= 11 is 0. The van der Waals surface area contributed by atoms with Crippen LogP contribution in [-0.2, 0) is 13.1 Å². The maximum absolute atomic E-state index is 5.84. The van der Waals surface area contributed by atoms with E-state index < -0.39 is 0 Å². The molecule has 2 heterocycles. The van der Waals surface area contributed by atoms with Gasteiger partial charge in [-0.25, -0.2) is 0 Å². The molecule has 5 nitrogen and oxygen atoms in total. The van der Waals surface area contributed by atoms with Crippen molar-refractivity contribution in [2.24, 2.45) is 0 Å². The quantitative estimate of drug-likeness (QED) is 0.787. The Morgan fingerprint density at radius 2 is 1.74 bits per heavy atom. The second kappa shape index (κ2) is 7.51. The number of aromatic nitrogens is 2. The van der Waals surface area contributed by atoms with Crippen LogP contribution in [0, 0.1) is 6.92 Å². The van der Waals surface area contributed by atoms with E-state index in [0.717, 1.165) is 56.4 Å². The third-order valence-corrected chi connectivity index (χ3v) is 3.97. The predicted octanol–water partition coefficient (Wildman–Crippen LogP) is 2.87. The lowest BCUT2D eigenvalue weighted by atomic mass is 10.3. The largest absolute Gasteiger partial charge is 0.494 e. The van der Waals surface area contributed by atoms with Gasteiger partial charge in [0.1, 0.15) is 18.1 Å². The van der Waals surface area contributed by atoms with Crippen molar-refractivity contribution in [3.8, 4) is 11.5 Å². The predicted molar refractivity (Wildman–Crippen MR) is 90.0 cm³/mol. The van der Waals surface area contributed by atoms with Crippen molar-refractivity contribution in [3.63, 3.8) is 0 Å². The summed E-state index contributed by atoms with van der Waals surface area (Å²) in [6.07, 6.45) is 1.02. The Balaban J connectivity index is 1.43. The molecule has 2 aromatic rings. The van der Waals surface area contributed by atoms with Crippen molar-refractivity contribution in [2.75, 3.05) is 26.3 Å². The second-order valence-electron chi connectivity index (χ2n) is 5.94. The molecule has 0 spiro atoms. The monoisotopic (exact) mass is 315 g/mol. The highest BCUT2D eigenvalue weighted by molar-refractivity contribution is 5.31. The Kier molecular flexibility index (Phi) is 5.18. The van der Waals surface area contributed by atoms with Gasteiger partial charge in [-0.2, -0.15) is 5.10 Å². The molecule has 5 heteroatoms. The first-order valence-electron chi connectivity index (χ1n) is 8.36. The van der Waals surface area contributed by atoms with Crippen molar-refractivity contribution >= 4 is 0 Å². The first kappa shape index (κ1) is 15.9. The lowest BCUT2D eigenvalue weighted by molar-refractivity contribution is 0.172. The molecule has 23 heavy (non-hydrogen) atoms. The Morgan fingerprint density at radius 3 is 2.43 bits per heavy atom. The molecule has 0 N–H and O–H groups in total. The molecular formula is C18H25N3O2. The molecule has 1 aromatic carbocycles. The zero-order valence-electron chi connectivity index (χ0n) is 14.0. The summed E-state index contributed by atoms with van der Waals surface area (Å²) in [5.41, 5.74) is 2.40. The van der Waals surface area contributed by atoms with E-state index in [-0.39, 0.29) is 0 Å². The lowest BCUT2D eigenvalue weighted by Gasteiger charge is -2.27. The molecular weight excluding hydrogens is 290 g/mol. The lowest BCUT2D eigenvalue weighted by Crippen LogP contribution is -2.36. The fourth-order valence-electron chi connectivity index (χ4n) is 2.80. The highest BCUT2D eigenvalue weighted by Crippen LogP contribution is 2.18. The Bertz CT molecular complexity index is 622. The minimum absolute atomic E-state index is 0.697. The summed E-state index contributed by atoms with van der Waals surface area (Å²) in [6, 6.07) is 10.0. The molecule has 124 valence electrons. The minimum Gasteiger partial charge on any atom is -0.494 e. The maximum Gasteiger partial charge on any atom is 0.119 e.